The molecule has 1 aromatic carbocycles. The zero-order chi connectivity index (χ0) is 23.7. The molecule has 0 radical (unpaired) electrons. The maximum Gasteiger partial charge on any atom is 0.281 e. The number of aromatic amines is 1. The van der Waals surface area contributed by atoms with Gasteiger partial charge in [-0.15, -0.1) is 5.10 Å². The number of aryl methyl sites for hydroxylation is 2. The van der Waals surface area contributed by atoms with Gasteiger partial charge in [-0.05, 0) is 50.2 Å². The second-order valence-corrected chi connectivity index (χ2v) is 10.1. The normalized spacial score (nSPS) is 17.6. The van der Waals surface area contributed by atoms with Gasteiger partial charge in [0.15, 0.2) is 11.2 Å². The van der Waals surface area contributed by atoms with Crippen molar-refractivity contribution in [3.63, 3.8) is 0 Å². The van der Waals surface area contributed by atoms with E-state index < -0.39 is 0 Å². The van der Waals surface area contributed by atoms with Gasteiger partial charge in [0.1, 0.15) is 5.82 Å². The fourth-order valence-electron chi connectivity index (χ4n) is 5.50. The average Bonchev–Trinajstić information content (AvgIpc) is 3.50. The molecular weight excluding hydrogens is 428 g/mol. The van der Waals surface area contributed by atoms with Crippen LogP contribution in [0.5, 0.6) is 0 Å². The molecule has 5 rings (SSSR count). The minimum atomic E-state index is -0.248. The van der Waals surface area contributed by atoms with Gasteiger partial charge in [0.05, 0.1) is 6.54 Å². The number of hydrogen-bond acceptors (Lipinski definition) is 5. The quantitative estimate of drug-likeness (QED) is 0.600. The first-order valence-electron chi connectivity index (χ1n) is 12.7. The number of rotatable bonds is 6. The molecule has 1 saturated carbocycles. The smallest absolute Gasteiger partial charge is 0.281 e. The molecule has 8 nitrogen and oxygen atoms in total. The van der Waals surface area contributed by atoms with Crippen LogP contribution in [0.2, 0.25) is 0 Å². The molecule has 2 aromatic heterocycles. The van der Waals surface area contributed by atoms with Gasteiger partial charge in [0.2, 0.25) is 5.91 Å². The molecule has 0 atom stereocenters. The van der Waals surface area contributed by atoms with Crippen molar-refractivity contribution < 1.29 is 4.79 Å². The molecule has 1 aliphatic heterocycles. The van der Waals surface area contributed by atoms with Gasteiger partial charge in [-0.25, -0.2) is 9.67 Å². The lowest BCUT2D eigenvalue weighted by molar-refractivity contribution is -0.132. The number of carbonyl (C=O) groups is 1. The third kappa shape index (κ3) is 4.76. The minimum Gasteiger partial charge on any atom is -0.343 e. The Hall–Kier alpha value is -3.03. The minimum absolute atomic E-state index is 0.125. The number of likely N-dealkylation sites (tertiary alicyclic amines) is 1. The van der Waals surface area contributed by atoms with Crippen molar-refractivity contribution in [2.75, 3.05) is 13.1 Å². The summed E-state index contributed by atoms with van der Waals surface area (Å²) in [5, 5.41) is 8.32. The predicted octanol–water partition coefficient (Wildman–Crippen LogP) is 3.86. The Morgan fingerprint density at radius 2 is 1.88 bits per heavy atom. The molecule has 2 aliphatic rings. The summed E-state index contributed by atoms with van der Waals surface area (Å²) in [7, 11) is 0. The molecular formula is C26H34N6O2. The number of amides is 1. The number of piperidine rings is 1. The number of H-pyrrole nitrogens is 1. The molecule has 1 amide bonds. The fourth-order valence-corrected chi connectivity index (χ4v) is 5.50. The molecule has 1 aliphatic carbocycles. The Balaban J connectivity index is 1.28. The highest BCUT2D eigenvalue weighted by Gasteiger charge is 2.27. The number of carbonyl (C=O) groups excluding carboxylic acids is 1. The van der Waals surface area contributed by atoms with Crippen LogP contribution >= 0.6 is 0 Å². The van der Waals surface area contributed by atoms with Crippen LogP contribution in [0.3, 0.4) is 0 Å². The summed E-state index contributed by atoms with van der Waals surface area (Å²) >= 11 is 0. The molecule has 34 heavy (non-hydrogen) atoms. The first-order valence-corrected chi connectivity index (χ1v) is 12.7. The molecule has 1 saturated heterocycles. The summed E-state index contributed by atoms with van der Waals surface area (Å²) in [5.41, 5.74) is 4.04. The van der Waals surface area contributed by atoms with Crippen LogP contribution in [-0.4, -0.2) is 48.9 Å². The fraction of sp³-hybridized carbons (Fsp3) is 0.577. The number of nitrogens with one attached hydrogen (secondary N) is 1. The van der Waals surface area contributed by atoms with Gasteiger partial charge >= 0.3 is 0 Å². The second kappa shape index (κ2) is 9.68. The Bertz CT molecular complexity index is 1230. The van der Waals surface area contributed by atoms with Crippen molar-refractivity contribution in [2.45, 2.75) is 77.7 Å². The third-order valence-electron chi connectivity index (χ3n) is 7.69. The molecule has 8 heteroatoms. The first kappa shape index (κ1) is 22.7. The highest BCUT2D eigenvalue weighted by Crippen LogP contribution is 2.30. The van der Waals surface area contributed by atoms with Crippen molar-refractivity contribution in [3.8, 4) is 0 Å². The zero-order valence-electron chi connectivity index (χ0n) is 20.2. The van der Waals surface area contributed by atoms with Gasteiger partial charge in [-0.1, -0.05) is 54.7 Å². The molecule has 0 bridgehead atoms. The Morgan fingerprint density at radius 3 is 2.65 bits per heavy atom. The number of benzene rings is 1. The molecule has 3 heterocycles. The lowest BCUT2D eigenvalue weighted by atomic mass is 9.95. The summed E-state index contributed by atoms with van der Waals surface area (Å²) in [6.45, 7) is 6.09. The lowest BCUT2D eigenvalue weighted by Crippen LogP contribution is -2.38. The zero-order valence-corrected chi connectivity index (χ0v) is 20.2. The predicted molar refractivity (Wildman–Crippen MR) is 131 cm³/mol. The average molecular weight is 463 g/mol. The van der Waals surface area contributed by atoms with Crippen LogP contribution in [0, 0.1) is 19.8 Å². The van der Waals surface area contributed by atoms with E-state index in [0.29, 0.717) is 24.4 Å². The van der Waals surface area contributed by atoms with Crippen LogP contribution < -0.4 is 5.56 Å². The van der Waals surface area contributed by atoms with E-state index in [1.807, 2.05) is 4.90 Å². The van der Waals surface area contributed by atoms with Crippen molar-refractivity contribution in [1.82, 2.24) is 29.9 Å². The summed E-state index contributed by atoms with van der Waals surface area (Å²) in [4.78, 5) is 35.2. The van der Waals surface area contributed by atoms with Gasteiger partial charge in [0, 0.05) is 25.4 Å². The number of fused-ring (bicyclic) bond motifs is 1. The van der Waals surface area contributed by atoms with Gasteiger partial charge in [0.25, 0.3) is 5.56 Å². The molecule has 0 unspecified atom stereocenters. The molecule has 1 N–H and O–H groups in total. The van der Waals surface area contributed by atoms with Crippen LogP contribution in [-0.2, 0) is 11.3 Å². The Kier molecular flexibility index (Phi) is 6.48. The van der Waals surface area contributed by atoms with Gasteiger partial charge in [-0.3, -0.25) is 9.59 Å². The molecule has 3 aromatic rings. The summed E-state index contributed by atoms with van der Waals surface area (Å²) in [6.07, 6.45) is 8.51. The molecule has 2 fully saturated rings. The van der Waals surface area contributed by atoms with Crippen LogP contribution in [0.1, 0.15) is 79.8 Å². The monoisotopic (exact) mass is 462 g/mol. The largest absolute Gasteiger partial charge is 0.343 e. The summed E-state index contributed by atoms with van der Waals surface area (Å²) in [6, 6.07) is 6.32. The highest BCUT2D eigenvalue weighted by molar-refractivity contribution is 5.76. The molecule has 0 spiro atoms. The third-order valence-corrected chi connectivity index (χ3v) is 7.69. The molecule has 180 valence electrons. The number of nitrogens with zero attached hydrogens (tertiary/aromatic N) is 5. The summed E-state index contributed by atoms with van der Waals surface area (Å²) in [5.74, 6) is 1.82. The Morgan fingerprint density at radius 1 is 1.12 bits per heavy atom. The summed E-state index contributed by atoms with van der Waals surface area (Å²) < 4.78 is 1.72. The Labute approximate surface area is 199 Å². The van der Waals surface area contributed by atoms with E-state index in [1.54, 1.807) is 4.68 Å². The maximum atomic E-state index is 12.7. The van der Waals surface area contributed by atoms with E-state index in [9.17, 15) is 9.59 Å². The van der Waals surface area contributed by atoms with E-state index in [0.717, 1.165) is 43.8 Å². The number of hydrogen-bond donors (Lipinski definition) is 1. The second-order valence-electron chi connectivity index (χ2n) is 10.1. The van der Waals surface area contributed by atoms with E-state index in [2.05, 4.69) is 47.3 Å². The first-order chi connectivity index (χ1) is 16.5. The van der Waals surface area contributed by atoms with Gasteiger partial charge < -0.3 is 9.88 Å². The van der Waals surface area contributed by atoms with Gasteiger partial charge in [-0.2, -0.15) is 0 Å². The van der Waals surface area contributed by atoms with Crippen LogP contribution in [0.25, 0.3) is 11.2 Å². The van der Waals surface area contributed by atoms with Crippen molar-refractivity contribution >= 4 is 17.1 Å². The van der Waals surface area contributed by atoms with Crippen LogP contribution in [0.4, 0.5) is 0 Å². The van der Waals surface area contributed by atoms with Crippen LogP contribution in [0.15, 0.2) is 23.0 Å². The van der Waals surface area contributed by atoms with Crippen molar-refractivity contribution in [2.24, 2.45) is 5.92 Å². The highest BCUT2D eigenvalue weighted by atomic mass is 16.2. The van der Waals surface area contributed by atoms with E-state index >= 15 is 0 Å². The maximum absolute atomic E-state index is 12.7. The van der Waals surface area contributed by atoms with E-state index in [1.165, 1.54) is 36.8 Å². The topological polar surface area (TPSA) is 96.8 Å². The number of aromatic nitrogens is 5. The lowest BCUT2D eigenvalue weighted by Gasteiger charge is -2.31. The van der Waals surface area contributed by atoms with E-state index in [-0.39, 0.29) is 22.9 Å². The van der Waals surface area contributed by atoms with Crippen molar-refractivity contribution in [1.29, 1.82) is 0 Å². The standard InChI is InChI=1S/C26H34N6O2/c1-17-7-8-18(2)21(15-17)16-32-25-23(29-30-32)26(34)28-24(27-25)20-11-13-31(14-12-20)22(33)10-9-19-5-3-4-6-19/h7-8,15,19-20H,3-6,9-14,16H2,1-2H3,(H,27,28,34). The SMILES string of the molecule is Cc1ccc(C)c(Cn2nnc3c(=O)[nH]c(C4CCN(C(=O)CCC5CCCC5)CC4)nc32)c1. The van der Waals surface area contributed by atoms with E-state index in [4.69, 9.17) is 4.98 Å². The van der Waals surface area contributed by atoms with Crippen molar-refractivity contribution in [3.05, 3.63) is 51.1 Å².